The predicted octanol–water partition coefficient (Wildman–Crippen LogP) is 3.93. The third-order valence-electron chi connectivity index (χ3n) is 8.52. The molecule has 1 fully saturated rings. The third kappa shape index (κ3) is 9.52. The van der Waals surface area contributed by atoms with Gasteiger partial charge in [0.1, 0.15) is 11.6 Å². The van der Waals surface area contributed by atoms with Crippen LogP contribution in [0, 0.1) is 24.1 Å². The van der Waals surface area contributed by atoms with Crippen molar-refractivity contribution in [3.8, 4) is 18.1 Å². The number of rotatable bonds is 9. The van der Waals surface area contributed by atoms with Crippen molar-refractivity contribution in [1.29, 1.82) is 0 Å². The number of aliphatic hydroxyl groups is 1. The predicted molar refractivity (Wildman–Crippen MR) is 168 cm³/mol. The van der Waals surface area contributed by atoms with Gasteiger partial charge >= 0.3 is 0 Å². The molecule has 8 nitrogen and oxygen atoms in total. The first-order valence-electron chi connectivity index (χ1n) is 15.7. The molecule has 0 radical (unpaired) electrons. The molecule has 44 heavy (non-hydrogen) atoms. The molecular formula is C35H46FN3O5. The molecule has 4 rings (SSSR count). The highest BCUT2D eigenvalue weighted by molar-refractivity contribution is 5.79. The van der Waals surface area contributed by atoms with Crippen molar-refractivity contribution in [3.63, 3.8) is 0 Å². The van der Waals surface area contributed by atoms with E-state index >= 15 is 0 Å². The smallest absolute Gasteiger partial charge is 0.222 e. The number of terminal acetylenes is 1. The lowest BCUT2D eigenvalue weighted by molar-refractivity contribution is -0.131. The van der Waals surface area contributed by atoms with Crippen molar-refractivity contribution in [3.05, 3.63) is 65.0 Å². The van der Waals surface area contributed by atoms with Gasteiger partial charge in [-0.25, -0.2) is 4.39 Å². The second kappa shape index (κ2) is 16.0. The van der Waals surface area contributed by atoms with Crippen molar-refractivity contribution in [2.75, 3.05) is 40.0 Å². The van der Waals surface area contributed by atoms with Gasteiger partial charge in [0.05, 0.1) is 25.4 Å². The molecule has 9 heteroatoms. The maximum atomic E-state index is 14.8. The zero-order valence-corrected chi connectivity index (χ0v) is 25.9. The van der Waals surface area contributed by atoms with Crippen LogP contribution in [0.15, 0.2) is 42.5 Å². The third-order valence-corrected chi connectivity index (χ3v) is 8.52. The van der Waals surface area contributed by atoms with E-state index in [9.17, 15) is 19.1 Å². The molecule has 2 bridgehead atoms. The van der Waals surface area contributed by atoms with Crippen LogP contribution >= 0.6 is 0 Å². The highest BCUT2D eigenvalue weighted by atomic mass is 19.1. The van der Waals surface area contributed by atoms with Gasteiger partial charge in [-0.2, -0.15) is 0 Å². The first kappa shape index (κ1) is 33.4. The maximum Gasteiger partial charge on any atom is 0.222 e. The van der Waals surface area contributed by atoms with Crippen LogP contribution in [-0.2, 0) is 26.3 Å². The number of hydrogen-bond acceptors (Lipinski definition) is 6. The van der Waals surface area contributed by atoms with Gasteiger partial charge in [-0.15, -0.1) is 6.42 Å². The second-order valence-electron chi connectivity index (χ2n) is 12.1. The van der Waals surface area contributed by atoms with Gasteiger partial charge in [0.15, 0.2) is 0 Å². The molecular weight excluding hydrogens is 561 g/mol. The summed E-state index contributed by atoms with van der Waals surface area (Å²) in [4.78, 5) is 27.9. The SMILES string of the molecule is C#Cc1cccc(C2(NCC(O)C3Cc4cc(F)cc(c4)OCC(COC)CCN(CCC)C(=O)CCCC(=O)N3)CC2)c1. The summed E-state index contributed by atoms with van der Waals surface area (Å²) in [5.41, 5.74) is 2.19. The van der Waals surface area contributed by atoms with E-state index in [1.165, 1.54) is 12.1 Å². The van der Waals surface area contributed by atoms with Gasteiger partial charge < -0.3 is 30.1 Å². The molecule has 1 heterocycles. The van der Waals surface area contributed by atoms with Gasteiger partial charge in [0.25, 0.3) is 0 Å². The van der Waals surface area contributed by atoms with Crippen LogP contribution in [0.4, 0.5) is 4.39 Å². The number of methoxy groups -OCH3 is 1. The molecule has 3 atom stereocenters. The van der Waals surface area contributed by atoms with Gasteiger partial charge in [-0.05, 0) is 73.9 Å². The average Bonchev–Trinajstić information content (AvgIpc) is 3.80. The molecule has 1 aliphatic carbocycles. The monoisotopic (exact) mass is 607 g/mol. The Balaban J connectivity index is 1.52. The Hall–Kier alpha value is -3.45. The van der Waals surface area contributed by atoms with Crippen molar-refractivity contribution >= 4 is 11.8 Å². The molecule has 3 N–H and O–H groups in total. The Labute approximate surface area is 260 Å². The zero-order chi connectivity index (χ0) is 31.5. The number of nitrogens with one attached hydrogen (secondary N) is 2. The number of carbonyl (C=O) groups is 2. The number of nitrogens with zero attached hydrogens (tertiary/aromatic N) is 1. The number of hydrogen-bond donors (Lipinski definition) is 3. The zero-order valence-electron chi connectivity index (χ0n) is 25.9. The summed E-state index contributed by atoms with van der Waals surface area (Å²) >= 11 is 0. The summed E-state index contributed by atoms with van der Waals surface area (Å²) in [5.74, 6) is 2.35. The van der Waals surface area contributed by atoms with Crippen molar-refractivity contribution in [1.82, 2.24) is 15.5 Å². The number of halogens is 1. The summed E-state index contributed by atoms with van der Waals surface area (Å²) in [7, 11) is 1.63. The summed E-state index contributed by atoms with van der Waals surface area (Å²) < 4.78 is 26.2. The first-order valence-corrected chi connectivity index (χ1v) is 15.7. The molecule has 0 aromatic heterocycles. The average molecular weight is 608 g/mol. The van der Waals surface area contributed by atoms with Crippen molar-refractivity contribution in [2.24, 2.45) is 5.92 Å². The molecule has 2 aliphatic rings. The minimum atomic E-state index is -0.963. The molecule has 3 unspecified atom stereocenters. The lowest BCUT2D eigenvalue weighted by Crippen LogP contribution is -2.50. The maximum absolute atomic E-state index is 14.8. The Morgan fingerprint density at radius 2 is 2.07 bits per heavy atom. The van der Waals surface area contributed by atoms with E-state index in [0.717, 1.165) is 30.4 Å². The summed E-state index contributed by atoms with van der Waals surface area (Å²) in [6, 6.07) is 11.6. The summed E-state index contributed by atoms with van der Waals surface area (Å²) in [5, 5.41) is 17.8. The fourth-order valence-corrected chi connectivity index (χ4v) is 5.87. The van der Waals surface area contributed by atoms with Gasteiger partial charge in [-0.1, -0.05) is 25.0 Å². The first-order chi connectivity index (χ1) is 21.2. The second-order valence-corrected chi connectivity index (χ2v) is 12.1. The van der Waals surface area contributed by atoms with E-state index in [2.05, 4.69) is 16.6 Å². The molecule has 2 aromatic rings. The summed E-state index contributed by atoms with van der Waals surface area (Å²) in [6.45, 7) is 4.19. The lowest BCUT2D eigenvalue weighted by atomic mass is 9.98. The number of ether oxygens (including phenoxy) is 2. The van der Waals surface area contributed by atoms with E-state index in [1.807, 2.05) is 36.1 Å². The molecule has 238 valence electrons. The molecule has 0 spiro atoms. The van der Waals surface area contributed by atoms with Crippen LogP contribution in [-0.4, -0.2) is 73.9 Å². The topological polar surface area (TPSA) is 100 Å². The van der Waals surface area contributed by atoms with Crippen LogP contribution < -0.4 is 15.4 Å². The van der Waals surface area contributed by atoms with Crippen LogP contribution in [0.25, 0.3) is 0 Å². The number of aliphatic hydroxyl groups excluding tert-OH is 1. The van der Waals surface area contributed by atoms with Gasteiger partial charge in [0.2, 0.25) is 11.8 Å². The van der Waals surface area contributed by atoms with Crippen LogP contribution in [0.2, 0.25) is 0 Å². The van der Waals surface area contributed by atoms with E-state index < -0.39 is 18.0 Å². The fourth-order valence-electron chi connectivity index (χ4n) is 5.87. The standard InChI is InChI=1S/C35H46FN3O5/c1-4-15-39-16-12-26(23-43-3)24-44-30-19-27(18-29(36)21-30)20-31(38-33(41)10-7-11-34(39)42)32(40)22-37-35(13-14-35)28-9-6-8-25(5-2)17-28/h2,6,8-9,17-19,21,26,31-32,37,40H,4,7,10-16,20,22-24H2,1,3H3,(H,38,41). The van der Waals surface area contributed by atoms with Gasteiger partial charge in [-0.3, -0.25) is 9.59 Å². The quantitative estimate of drug-likeness (QED) is 0.374. The Morgan fingerprint density at radius 3 is 2.80 bits per heavy atom. The minimum absolute atomic E-state index is 0.00881. The van der Waals surface area contributed by atoms with E-state index in [0.29, 0.717) is 50.5 Å². The number of carbonyl (C=O) groups excluding carboxylic acids is 2. The van der Waals surface area contributed by atoms with Crippen LogP contribution in [0.3, 0.4) is 0 Å². The molecule has 0 saturated heterocycles. The highest BCUT2D eigenvalue weighted by Crippen LogP contribution is 2.45. The minimum Gasteiger partial charge on any atom is -0.493 e. The summed E-state index contributed by atoms with van der Waals surface area (Å²) in [6.07, 6.45) is 8.97. The molecule has 2 aromatic carbocycles. The van der Waals surface area contributed by atoms with Crippen LogP contribution in [0.1, 0.15) is 68.6 Å². The number of fused-ring (bicyclic) bond motifs is 2. The van der Waals surface area contributed by atoms with Crippen LogP contribution in [0.5, 0.6) is 5.75 Å². The van der Waals surface area contributed by atoms with Crippen molar-refractivity contribution < 1.29 is 28.6 Å². The van der Waals surface area contributed by atoms with E-state index in [1.54, 1.807) is 13.2 Å². The fraction of sp³-hybridized carbons (Fsp3) is 0.543. The number of amides is 2. The molecule has 1 saturated carbocycles. The largest absolute Gasteiger partial charge is 0.493 e. The molecule has 2 amide bonds. The lowest BCUT2D eigenvalue weighted by Gasteiger charge is -2.27. The Kier molecular flexibility index (Phi) is 12.2. The molecule has 1 aliphatic heterocycles. The van der Waals surface area contributed by atoms with E-state index in [4.69, 9.17) is 15.9 Å². The normalized spacial score (nSPS) is 21.8. The highest BCUT2D eigenvalue weighted by Gasteiger charge is 2.44. The van der Waals surface area contributed by atoms with E-state index in [-0.39, 0.29) is 49.1 Å². The van der Waals surface area contributed by atoms with Gasteiger partial charge in [0, 0.05) is 62.7 Å². The Bertz CT molecular complexity index is 1310. The van der Waals surface area contributed by atoms with Crippen molar-refractivity contribution in [2.45, 2.75) is 76.0 Å². The number of benzene rings is 2. The Morgan fingerprint density at radius 1 is 1.25 bits per heavy atom.